The van der Waals surface area contributed by atoms with E-state index in [0.29, 0.717) is 25.0 Å². The van der Waals surface area contributed by atoms with E-state index in [-0.39, 0.29) is 11.7 Å². The van der Waals surface area contributed by atoms with E-state index in [4.69, 9.17) is 0 Å². The third-order valence-electron chi connectivity index (χ3n) is 2.51. The Labute approximate surface area is 118 Å². The summed E-state index contributed by atoms with van der Waals surface area (Å²) in [5.41, 5.74) is 0. The first-order valence-corrected chi connectivity index (χ1v) is 6.74. The number of rotatable bonds is 7. The SMILES string of the molecule is CCNc1ncc(F)c(NC(C)C(=O)NCC(C)C)n1. The highest BCUT2D eigenvalue weighted by Gasteiger charge is 2.16. The van der Waals surface area contributed by atoms with Crippen molar-refractivity contribution in [2.75, 3.05) is 23.7 Å². The van der Waals surface area contributed by atoms with Gasteiger partial charge in [0, 0.05) is 13.1 Å². The molecule has 1 unspecified atom stereocenters. The fraction of sp³-hybridized carbons (Fsp3) is 0.615. The normalized spacial score (nSPS) is 12.1. The summed E-state index contributed by atoms with van der Waals surface area (Å²) >= 11 is 0. The smallest absolute Gasteiger partial charge is 0.242 e. The topological polar surface area (TPSA) is 78.9 Å². The van der Waals surface area contributed by atoms with Crippen LogP contribution in [0.5, 0.6) is 0 Å². The number of hydrogen-bond acceptors (Lipinski definition) is 5. The fourth-order valence-electron chi connectivity index (χ4n) is 1.44. The molecule has 7 heteroatoms. The molecule has 1 rings (SSSR count). The maximum absolute atomic E-state index is 13.6. The number of aromatic nitrogens is 2. The number of anilines is 2. The molecule has 0 fully saturated rings. The maximum Gasteiger partial charge on any atom is 0.242 e. The van der Waals surface area contributed by atoms with Crippen LogP contribution in [0.3, 0.4) is 0 Å². The number of carbonyl (C=O) groups is 1. The summed E-state index contributed by atoms with van der Waals surface area (Å²) < 4.78 is 13.6. The van der Waals surface area contributed by atoms with Crippen molar-refractivity contribution in [1.29, 1.82) is 0 Å². The van der Waals surface area contributed by atoms with Crippen molar-refractivity contribution in [2.24, 2.45) is 5.92 Å². The highest BCUT2D eigenvalue weighted by Crippen LogP contribution is 2.12. The molecule has 0 aliphatic heterocycles. The van der Waals surface area contributed by atoms with Gasteiger partial charge in [0.2, 0.25) is 11.9 Å². The summed E-state index contributed by atoms with van der Waals surface area (Å²) in [5, 5.41) is 8.42. The van der Waals surface area contributed by atoms with Crippen molar-refractivity contribution in [2.45, 2.75) is 33.7 Å². The van der Waals surface area contributed by atoms with Crippen molar-refractivity contribution in [1.82, 2.24) is 15.3 Å². The van der Waals surface area contributed by atoms with E-state index in [2.05, 4.69) is 25.9 Å². The summed E-state index contributed by atoms with van der Waals surface area (Å²) in [5.74, 6) is -0.0755. The van der Waals surface area contributed by atoms with Gasteiger partial charge in [0.05, 0.1) is 6.20 Å². The Balaban J connectivity index is 2.66. The number of hydrogen-bond donors (Lipinski definition) is 3. The van der Waals surface area contributed by atoms with Gasteiger partial charge in [-0.25, -0.2) is 9.37 Å². The summed E-state index contributed by atoms with van der Waals surface area (Å²) in [6.45, 7) is 8.78. The van der Waals surface area contributed by atoms with E-state index in [1.807, 2.05) is 20.8 Å². The molecule has 0 aromatic carbocycles. The third kappa shape index (κ3) is 4.99. The van der Waals surface area contributed by atoms with Crippen molar-refractivity contribution >= 4 is 17.7 Å². The zero-order valence-electron chi connectivity index (χ0n) is 12.3. The molecule has 0 bridgehead atoms. The molecule has 0 saturated carbocycles. The summed E-state index contributed by atoms with van der Waals surface area (Å²) in [4.78, 5) is 19.6. The van der Waals surface area contributed by atoms with Crippen LogP contribution in [-0.4, -0.2) is 35.0 Å². The molecule has 1 aromatic rings. The number of halogens is 1. The minimum absolute atomic E-state index is 0.0168. The second-order valence-corrected chi connectivity index (χ2v) is 4.93. The Hall–Kier alpha value is -1.92. The van der Waals surface area contributed by atoms with E-state index in [0.717, 1.165) is 6.20 Å². The van der Waals surface area contributed by atoms with Gasteiger partial charge >= 0.3 is 0 Å². The van der Waals surface area contributed by atoms with Gasteiger partial charge in [-0.15, -0.1) is 0 Å². The quantitative estimate of drug-likeness (QED) is 0.708. The standard InChI is InChI=1S/C13H22FN5O/c1-5-15-13-17-7-10(14)11(19-13)18-9(4)12(20)16-6-8(2)3/h7-9H,5-6H2,1-4H3,(H,16,20)(H2,15,17,18,19). The molecule has 1 atom stereocenters. The van der Waals surface area contributed by atoms with Crippen LogP contribution < -0.4 is 16.0 Å². The largest absolute Gasteiger partial charge is 0.356 e. The van der Waals surface area contributed by atoms with Crippen LogP contribution in [0, 0.1) is 11.7 Å². The van der Waals surface area contributed by atoms with E-state index in [1.54, 1.807) is 6.92 Å². The first kappa shape index (κ1) is 16.1. The zero-order valence-corrected chi connectivity index (χ0v) is 12.3. The van der Waals surface area contributed by atoms with E-state index < -0.39 is 11.9 Å². The fourth-order valence-corrected chi connectivity index (χ4v) is 1.44. The van der Waals surface area contributed by atoms with Crippen LogP contribution in [0.25, 0.3) is 0 Å². The molecule has 1 heterocycles. The Morgan fingerprint density at radius 2 is 2.10 bits per heavy atom. The van der Waals surface area contributed by atoms with Crippen molar-refractivity contribution in [3.8, 4) is 0 Å². The van der Waals surface area contributed by atoms with Crippen LogP contribution in [-0.2, 0) is 4.79 Å². The Bertz CT molecular complexity index is 452. The van der Waals surface area contributed by atoms with Crippen molar-refractivity contribution in [3.63, 3.8) is 0 Å². The van der Waals surface area contributed by atoms with Gasteiger partial charge in [0.1, 0.15) is 6.04 Å². The Kier molecular flexibility index (Phi) is 6.14. The summed E-state index contributed by atoms with van der Waals surface area (Å²) in [6.07, 6.45) is 1.08. The molecule has 1 aromatic heterocycles. The predicted molar refractivity (Wildman–Crippen MR) is 77.1 cm³/mol. The average Bonchev–Trinajstić information content (AvgIpc) is 2.40. The molecule has 1 amide bonds. The molecule has 0 aliphatic carbocycles. The van der Waals surface area contributed by atoms with Gasteiger partial charge in [-0.2, -0.15) is 4.98 Å². The molecule has 3 N–H and O–H groups in total. The first-order chi connectivity index (χ1) is 9.43. The molecule has 0 radical (unpaired) electrons. The molecule has 0 saturated heterocycles. The summed E-state index contributed by atoms with van der Waals surface area (Å²) in [6, 6.07) is -0.576. The minimum Gasteiger partial charge on any atom is -0.356 e. The lowest BCUT2D eigenvalue weighted by Crippen LogP contribution is -2.39. The van der Waals surface area contributed by atoms with Crippen molar-refractivity contribution < 1.29 is 9.18 Å². The molecular weight excluding hydrogens is 261 g/mol. The highest BCUT2D eigenvalue weighted by molar-refractivity contribution is 5.83. The van der Waals surface area contributed by atoms with E-state index in [1.165, 1.54) is 0 Å². The lowest BCUT2D eigenvalue weighted by atomic mass is 10.2. The molecule has 6 nitrogen and oxygen atoms in total. The zero-order chi connectivity index (χ0) is 15.1. The van der Waals surface area contributed by atoms with Gasteiger partial charge < -0.3 is 16.0 Å². The monoisotopic (exact) mass is 283 g/mol. The second kappa shape index (κ2) is 7.62. The molecular formula is C13H22FN5O. The van der Waals surface area contributed by atoms with Crippen LogP contribution in [0.2, 0.25) is 0 Å². The van der Waals surface area contributed by atoms with Crippen LogP contribution in [0.15, 0.2) is 6.20 Å². The highest BCUT2D eigenvalue weighted by atomic mass is 19.1. The van der Waals surface area contributed by atoms with Crippen LogP contribution >= 0.6 is 0 Å². The van der Waals surface area contributed by atoms with E-state index >= 15 is 0 Å². The van der Waals surface area contributed by atoms with E-state index in [9.17, 15) is 9.18 Å². The summed E-state index contributed by atoms with van der Waals surface area (Å²) in [7, 11) is 0. The van der Waals surface area contributed by atoms with Gasteiger partial charge in [-0.3, -0.25) is 4.79 Å². The maximum atomic E-state index is 13.6. The first-order valence-electron chi connectivity index (χ1n) is 6.74. The van der Waals surface area contributed by atoms with Crippen LogP contribution in [0.4, 0.5) is 16.2 Å². The van der Waals surface area contributed by atoms with Gasteiger partial charge in [0.15, 0.2) is 11.6 Å². The number of nitrogens with zero attached hydrogens (tertiary/aromatic N) is 2. The van der Waals surface area contributed by atoms with Gasteiger partial charge in [0.25, 0.3) is 0 Å². The molecule has 0 aliphatic rings. The van der Waals surface area contributed by atoms with Crippen molar-refractivity contribution in [3.05, 3.63) is 12.0 Å². The average molecular weight is 283 g/mol. The Morgan fingerprint density at radius 3 is 2.70 bits per heavy atom. The second-order valence-electron chi connectivity index (χ2n) is 4.93. The Morgan fingerprint density at radius 1 is 1.40 bits per heavy atom. The minimum atomic E-state index is -0.588. The third-order valence-corrected chi connectivity index (χ3v) is 2.51. The number of carbonyl (C=O) groups excluding carboxylic acids is 1. The lowest BCUT2D eigenvalue weighted by molar-refractivity contribution is -0.121. The van der Waals surface area contributed by atoms with Crippen LogP contribution in [0.1, 0.15) is 27.7 Å². The molecule has 112 valence electrons. The van der Waals surface area contributed by atoms with Gasteiger partial charge in [-0.05, 0) is 19.8 Å². The number of amides is 1. The lowest BCUT2D eigenvalue weighted by Gasteiger charge is -2.16. The molecule has 0 spiro atoms. The molecule has 20 heavy (non-hydrogen) atoms. The van der Waals surface area contributed by atoms with Gasteiger partial charge in [-0.1, -0.05) is 13.8 Å². The number of nitrogens with one attached hydrogen (secondary N) is 3. The predicted octanol–water partition coefficient (Wildman–Crippen LogP) is 1.62.